The van der Waals surface area contributed by atoms with Crippen molar-refractivity contribution < 1.29 is 22.4 Å². The van der Waals surface area contributed by atoms with E-state index in [1.807, 2.05) is 0 Å². The lowest BCUT2D eigenvalue weighted by Crippen LogP contribution is -2.51. The van der Waals surface area contributed by atoms with Gasteiger partial charge >= 0.3 is 6.18 Å². The van der Waals surface area contributed by atoms with Crippen LogP contribution in [0.2, 0.25) is 0 Å². The Hall–Kier alpha value is -3.10. The normalized spacial score (nSPS) is 18.4. The molecule has 2 aromatic rings. The summed E-state index contributed by atoms with van der Waals surface area (Å²) >= 11 is 0. The average Bonchev–Trinajstić information content (AvgIpc) is 2.78. The Kier molecular flexibility index (Phi) is 6.31. The first-order valence-electron chi connectivity index (χ1n) is 11.3. The first-order chi connectivity index (χ1) is 16.0. The van der Waals surface area contributed by atoms with Crippen molar-refractivity contribution in [2.45, 2.75) is 58.2 Å². The van der Waals surface area contributed by atoms with Gasteiger partial charge in [-0.1, -0.05) is 12.1 Å². The summed E-state index contributed by atoms with van der Waals surface area (Å²) in [4.78, 5) is 19.2. The highest BCUT2D eigenvalue weighted by Gasteiger charge is 2.40. The summed E-state index contributed by atoms with van der Waals surface area (Å²) in [6, 6.07) is 3.75. The molecule has 0 aliphatic carbocycles. The van der Waals surface area contributed by atoms with Crippen LogP contribution in [-0.4, -0.2) is 39.6 Å². The molecule has 1 saturated heterocycles. The highest BCUT2D eigenvalue weighted by molar-refractivity contribution is 5.73. The molecule has 2 aliphatic rings. The Morgan fingerprint density at radius 1 is 1.21 bits per heavy atom. The number of nitrogens with one attached hydrogen (secondary N) is 1. The van der Waals surface area contributed by atoms with Gasteiger partial charge in [0.15, 0.2) is 5.79 Å². The molecule has 0 radical (unpaired) electrons. The molecular weight excluding hydrogens is 448 g/mol. The van der Waals surface area contributed by atoms with E-state index in [1.165, 1.54) is 19.9 Å². The van der Waals surface area contributed by atoms with Crippen molar-refractivity contribution >= 4 is 17.7 Å². The highest BCUT2D eigenvalue weighted by atomic mass is 19.4. The number of halogens is 4. The number of benzene rings is 1. The van der Waals surface area contributed by atoms with E-state index in [4.69, 9.17) is 0 Å². The second-order valence-electron chi connectivity index (χ2n) is 9.01. The Morgan fingerprint density at radius 2 is 1.91 bits per heavy atom. The summed E-state index contributed by atoms with van der Waals surface area (Å²) in [5.74, 6) is -1.64. The molecule has 1 fully saturated rings. The lowest BCUT2D eigenvalue weighted by Gasteiger charge is -2.44. The number of hydrogen-bond acceptors (Lipinski definition) is 4. The van der Waals surface area contributed by atoms with Gasteiger partial charge in [-0.3, -0.25) is 9.78 Å². The van der Waals surface area contributed by atoms with Crippen molar-refractivity contribution in [2.75, 3.05) is 18.4 Å². The number of rotatable bonds is 4. The van der Waals surface area contributed by atoms with Crippen molar-refractivity contribution in [3.63, 3.8) is 0 Å². The van der Waals surface area contributed by atoms with Crippen molar-refractivity contribution in [2.24, 2.45) is 0 Å². The van der Waals surface area contributed by atoms with Crippen LogP contribution in [0.1, 0.15) is 60.5 Å². The third-order valence-corrected chi connectivity index (χ3v) is 6.86. The molecule has 3 heterocycles. The van der Waals surface area contributed by atoms with Gasteiger partial charge in [-0.05, 0) is 37.1 Å². The number of fused-ring (bicyclic) bond motifs is 1. The van der Waals surface area contributed by atoms with Crippen molar-refractivity contribution in [3.8, 4) is 0 Å². The predicted octanol–water partition coefficient (Wildman–Crippen LogP) is 5.68. The summed E-state index contributed by atoms with van der Waals surface area (Å²) in [5.41, 5.74) is 2.38. The van der Waals surface area contributed by atoms with E-state index in [-0.39, 0.29) is 24.3 Å². The van der Waals surface area contributed by atoms with Crippen molar-refractivity contribution in [1.82, 2.24) is 14.8 Å². The van der Waals surface area contributed by atoms with Gasteiger partial charge in [-0.2, -0.15) is 13.2 Å². The van der Waals surface area contributed by atoms with Crippen LogP contribution in [0.3, 0.4) is 0 Å². The Balaban J connectivity index is 1.56. The molecule has 0 saturated carbocycles. The fourth-order valence-corrected chi connectivity index (χ4v) is 4.81. The minimum absolute atomic E-state index is 0.0574. The summed E-state index contributed by atoms with van der Waals surface area (Å²) in [6.45, 7) is 5.76. The molecule has 5 nitrogen and oxygen atoms in total. The molecule has 1 amide bonds. The number of hydrogen-bond donors (Lipinski definition) is 1. The number of aromatic nitrogens is 1. The molecule has 1 atom stereocenters. The summed E-state index contributed by atoms with van der Waals surface area (Å²) in [7, 11) is 0. The predicted molar refractivity (Wildman–Crippen MR) is 122 cm³/mol. The second kappa shape index (κ2) is 8.92. The minimum atomic E-state index is -4.42. The number of anilines is 1. The zero-order chi connectivity index (χ0) is 24.7. The topological polar surface area (TPSA) is 48.5 Å². The van der Waals surface area contributed by atoms with Crippen LogP contribution in [-0.2, 0) is 17.5 Å². The van der Waals surface area contributed by atoms with E-state index in [0.717, 1.165) is 17.2 Å². The highest BCUT2D eigenvalue weighted by Crippen LogP contribution is 2.38. The number of likely N-dealkylation sites (tertiary alicyclic amines) is 1. The molecule has 0 bridgehead atoms. The average molecular weight is 477 g/mol. The molecule has 4 rings (SSSR count). The lowest BCUT2D eigenvalue weighted by molar-refractivity contribution is -0.138. The van der Waals surface area contributed by atoms with Gasteiger partial charge < -0.3 is 15.1 Å². The van der Waals surface area contributed by atoms with Gasteiger partial charge in [0, 0.05) is 69.0 Å². The maximum atomic E-state index is 15.9. The first kappa shape index (κ1) is 24.0. The van der Waals surface area contributed by atoms with E-state index in [9.17, 15) is 18.0 Å². The number of piperidine rings is 1. The molecule has 2 aliphatic heterocycles. The molecule has 0 spiro atoms. The standard InChI is InChI=1S/C25H28F4N4O/c1-16-20(5-4-6-22(16)25(27,28)29)17(2)31-23-14-30-13-19-7-10-33(15-21(19)23)24(26)8-11-32(12-9-24)18(3)34/h4-7,10,13-14,17,31H,8-9,11-12,15H2,1-3H3. The number of alkyl halides is 4. The van der Waals surface area contributed by atoms with E-state index >= 15 is 4.39 Å². The number of nitrogens with zero attached hydrogens (tertiary/aromatic N) is 3. The Bertz CT molecular complexity index is 1110. The Morgan fingerprint density at radius 3 is 2.56 bits per heavy atom. The molecule has 1 aromatic carbocycles. The smallest absolute Gasteiger partial charge is 0.377 e. The van der Waals surface area contributed by atoms with Crippen LogP contribution in [0.5, 0.6) is 0 Å². The van der Waals surface area contributed by atoms with E-state index in [2.05, 4.69) is 10.3 Å². The maximum Gasteiger partial charge on any atom is 0.416 e. The zero-order valence-electron chi connectivity index (χ0n) is 19.4. The van der Waals surface area contributed by atoms with E-state index < -0.39 is 23.6 Å². The number of carbonyl (C=O) groups is 1. The van der Waals surface area contributed by atoms with Gasteiger partial charge in [0.1, 0.15) is 0 Å². The molecule has 34 heavy (non-hydrogen) atoms. The monoisotopic (exact) mass is 476 g/mol. The summed E-state index contributed by atoms with van der Waals surface area (Å²) in [6.07, 6.45) is 2.83. The van der Waals surface area contributed by atoms with Gasteiger partial charge in [0.2, 0.25) is 5.91 Å². The zero-order valence-corrected chi connectivity index (χ0v) is 19.4. The molecule has 1 unspecified atom stereocenters. The van der Waals surface area contributed by atoms with Gasteiger partial charge in [0.25, 0.3) is 0 Å². The fraction of sp³-hybridized carbons (Fsp3) is 0.440. The summed E-state index contributed by atoms with van der Waals surface area (Å²) in [5, 5.41) is 3.30. The molecule has 1 aromatic heterocycles. The van der Waals surface area contributed by atoms with Crippen molar-refractivity contribution in [1.29, 1.82) is 0 Å². The first-order valence-corrected chi connectivity index (χ1v) is 11.3. The number of carbonyl (C=O) groups excluding carboxylic acids is 1. The van der Waals surface area contributed by atoms with Crippen LogP contribution in [0.15, 0.2) is 36.8 Å². The quantitative estimate of drug-likeness (QED) is 0.456. The molecule has 1 N–H and O–H groups in total. The van der Waals surface area contributed by atoms with Gasteiger partial charge in [0.05, 0.1) is 17.4 Å². The van der Waals surface area contributed by atoms with Crippen LogP contribution in [0.25, 0.3) is 6.08 Å². The fourth-order valence-electron chi connectivity index (χ4n) is 4.81. The summed E-state index contributed by atoms with van der Waals surface area (Å²) < 4.78 is 56.0. The van der Waals surface area contributed by atoms with Gasteiger partial charge in [-0.15, -0.1) is 0 Å². The number of pyridine rings is 1. The SMILES string of the molecule is CC(=O)N1CCC(F)(N2C=Cc3cncc(NC(C)c4cccc(C(F)(F)F)c4C)c3C2)CC1. The van der Waals surface area contributed by atoms with Crippen LogP contribution >= 0.6 is 0 Å². The van der Waals surface area contributed by atoms with Gasteiger partial charge in [-0.25, -0.2) is 4.39 Å². The minimum Gasteiger partial charge on any atom is -0.377 e. The third-order valence-electron chi connectivity index (χ3n) is 6.86. The maximum absolute atomic E-state index is 15.9. The van der Waals surface area contributed by atoms with Crippen molar-refractivity contribution in [3.05, 3.63) is 64.6 Å². The molecular formula is C25H28F4N4O. The largest absolute Gasteiger partial charge is 0.416 e. The lowest BCUT2D eigenvalue weighted by atomic mass is 9.95. The third kappa shape index (κ3) is 4.60. The van der Waals surface area contributed by atoms with E-state index in [1.54, 1.807) is 47.5 Å². The molecule has 9 heteroatoms. The second-order valence-corrected chi connectivity index (χ2v) is 9.01. The van der Waals surface area contributed by atoms with Crippen LogP contribution in [0.4, 0.5) is 23.2 Å². The van der Waals surface area contributed by atoms with E-state index in [0.29, 0.717) is 30.9 Å². The number of amides is 1. The van der Waals surface area contributed by atoms with Crippen LogP contribution in [0, 0.1) is 6.92 Å². The van der Waals surface area contributed by atoms with Crippen LogP contribution < -0.4 is 5.32 Å². The Labute approximate surface area is 196 Å². The molecule has 182 valence electrons.